The fourth-order valence-electron chi connectivity index (χ4n) is 4.72. The zero-order chi connectivity index (χ0) is 26.6. The predicted molar refractivity (Wildman–Crippen MR) is 144 cm³/mol. The molecule has 1 aliphatic carbocycles. The van der Waals surface area contributed by atoms with Gasteiger partial charge in [-0.1, -0.05) is 55.1 Å². The van der Waals surface area contributed by atoms with Crippen LogP contribution in [-0.2, 0) is 6.61 Å². The molecule has 0 unspecified atom stereocenters. The van der Waals surface area contributed by atoms with E-state index >= 15 is 0 Å². The molecule has 3 aromatic carbocycles. The summed E-state index contributed by atoms with van der Waals surface area (Å²) in [6, 6.07) is 15.4. The van der Waals surface area contributed by atoms with Crippen molar-refractivity contribution in [1.82, 2.24) is 9.66 Å². The van der Waals surface area contributed by atoms with E-state index in [9.17, 15) is 19.3 Å². The van der Waals surface area contributed by atoms with Gasteiger partial charge in [-0.15, -0.1) is 0 Å². The van der Waals surface area contributed by atoms with Crippen molar-refractivity contribution in [2.24, 2.45) is 5.10 Å². The lowest BCUT2D eigenvalue weighted by molar-refractivity contribution is -0.385. The molecule has 0 atom stereocenters. The molecule has 1 aliphatic rings. The summed E-state index contributed by atoms with van der Waals surface area (Å²) in [5, 5.41) is 16.8. The number of hydrogen-bond acceptors (Lipinski definition) is 6. The first kappa shape index (κ1) is 25.5. The molecule has 38 heavy (non-hydrogen) atoms. The molecule has 1 fully saturated rings. The van der Waals surface area contributed by atoms with Crippen molar-refractivity contribution in [2.75, 3.05) is 0 Å². The molecule has 4 aromatic rings. The van der Waals surface area contributed by atoms with Crippen molar-refractivity contribution in [2.45, 2.75) is 44.6 Å². The Morgan fingerprint density at radius 1 is 1.13 bits per heavy atom. The van der Waals surface area contributed by atoms with Crippen LogP contribution in [0.25, 0.3) is 10.9 Å². The summed E-state index contributed by atoms with van der Waals surface area (Å²) >= 11 is 6.20. The average Bonchev–Trinajstić information content (AvgIpc) is 2.93. The Morgan fingerprint density at radius 2 is 1.87 bits per heavy atom. The molecule has 8 nitrogen and oxygen atoms in total. The normalized spacial score (nSPS) is 14.3. The highest BCUT2D eigenvalue weighted by Crippen LogP contribution is 2.35. The van der Waals surface area contributed by atoms with Gasteiger partial charge in [0.1, 0.15) is 18.2 Å². The lowest BCUT2D eigenvalue weighted by Gasteiger charge is -2.22. The number of ether oxygens (including phenoxy) is 1. The minimum absolute atomic E-state index is 0.0472. The van der Waals surface area contributed by atoms with Gasteiger partial charge in [0.15, 0.2) is 0 Å². The monoisotopic (exact) mass is 534 g/mol. The second kappa shape index (κ2) is 11.1. The van der Waals surface area contributed by atoms with Gasteiger partial charge in [0.25, 0.3) is 5.56 Å². The van der Waals surface area contributed by atoms with Crippen molar-refractivity contribution in [3.05, 3.63) is 109 Å². The number of hydrogen-bond donors (Lipinski definition) is 0. The van der Waals surface area contributed by atoms with E-state index in [2.05, 4.69) is 5.10 Å². The van der Waals surface area contributed by atoms with Crippen molar-refractivity contribution in [3.63, 3.8) is 0 Å². The van der Waals surface area contributed by atoms with E-state index in [4.69, 9.17) is 21.3 Å². The number of nitro benzene ring substituents is 1. The molecule has 1 saturated carbocycles. The Balaban J connectivity index is 1.59. The summed E-state index contributed by atoms with van der Waals surface area (Å²) in [6.07, 6.45) is 6.35. The van der Waals surface area contributed by atoms with Crippen LogP contribution in [0.1, 0.15) is 55.0 Å². The van der Waals surface area contributed by atoms with Gasteiger partial charge >= 0.3 is 5.69 Å². The van der Waals surface area contributed by atoms with E-state index in [0.717, 1.165) is 32.1 Å². The average molecular weight is 535 g/mol. The standard InChI is InChI=1S/C28H24ClFN4O4/c29-21-14-20(26(25(15-21)34(36)37)38-17-18-10-12-22(30)13-11-18)16-31-33-27(19-6-2-1-3-7-19)32-24-9-5-4-8-23(24)28(33)35/h4-5,8-16,19H,1-3,6-7,17H2. The van der Waals surface area contributed by atoms with Crippen molar-refractivity contribution >= 4 is 34.4 Å². The second-order valence-corrected chi connectivity index (χ2v) is 9.64. The summed E-state index contributed by atoms with van der Waals surface area (Å²) < 4.78 is 20.4. The highest BCUT2D eigenvalue weighted by Gasteiger charge is 2.24. The number of rotatable bonds is 7. The summed E-state index contributed by atoms with van der Waals surface area (Å²) in [5.74, 6) is 0.173. The van der Waals surface area contributed by atoms with E-state index in [-0.39, 0.29) is 40.1 Å². The van der Waals surface area contributed by atoms with Crippen LogP contribution in [0.2, 0.25) is 5.02 Å². The molecule has 0 aliphatic heterocycles. The zero-order valence-corrected chi connectivity index (χ0v) is 21.1. The van der Waals surface area contributed by atoms with Crippen LogP contribution >= 0.6 is 11.6 Å². The molecule has 1 heterocycles. The molecule has 0 bridgehead atoms. The number of fused-ring (bicyclic) bond motifs is 1. The number of halogens is 2. The van der Waals surface area contributed by atoms with Gasteiger partial charge in [-0.25, -0.2) is 9.37 Å². The fourth-order valence-corrected chi connectivity index (χ4v) is 4.94. The van der Waals surface area contributed by atoms with E-state index in [0.29, 0.717) is 22.3 Å². The van der Waals surface area contributed by atoms with E-state index in [1.807, 2.05) is 6.07 Å². The Morgan fingerprint density at radius 3 is 2.61 bits per heavy atom. The fraction of sp³-hybridized carbons (Fsp3) is 0.250. The van der Waals surface area contributed by atoms with E-state index < -0.39 is 10.7 Å². The SMILES string of the molecule is O=c1c2ccccc2nc(C2CCCCC2)n1N=Cc1cc(Cl)cc([N+](=O)[O-])c1OCc1ccc(F)cc1. The molecule has 5 rings (SSSR count). The van der Waals surface area contributed by atoms with Crippen molar-refractivity contribution < 1.29 is 14.1 Å². The third-order valence-electron chi connectivity index (χ3n) is 6.62. The molecule has 0 spiro atoms. The Hall–Kier alpha value is -4.11. The number of nitrogens with zero attached hydrogens (tertiary/aromatic N) is 4. The molecular formula is C28H24ClFN4O4. The maximum atomic E-state index is 13.5. The first-order chi connectivity index (χ1) is 18.4. The molecule has 0 saturated heterocycles. The Bertz CT molecular complexity index is 1580. The number of nitro groups is 1. The quantitative estimate of drug-likeness (QED) is 0.151. The van der Waals surface area contributed by atoms with Gasteiger partial charge in [-0.3, -0.25) is 14.9 Å². The van der Waals surface area contributed by atoms with Crippen LogP contribution in [0, 0.1) is 15.9 Å². The molecular weight excluding hydrogens is 511 g/mol. The second-order valence-electron chi connectivity index (χ2n) is 9.20. The third-order valence-corrected chi connectivity index (χ3v) is 6.84. The van der Waals surface area contributed by atoms with Crippen LogP contribution in [0.15, 0.2) is 70.6 Å². The van der Waals surface area contributed by atoms with Gasteiger partial charge < -0.3 is 4.74 Å². The maximum absolute atomic E-state index is 13.5. The number of para-hydroxylation sites is 1. The van der Waals surface area contributed by atoms with Crippen LogP contribution < -0.4 is 10.3 Å². The maximum Gasteiger partial charge on any atom is 0.313 e. The van der Waals surface area contributed by atoms with Crippen molar-refractivity contribution in [1.29, 1.82) is 0 Å². The van der Waals surface area contributed by atoms with Crippen molar-refractivity contribution in [3.8, 4) is 5.75 Å². The summed E-state index contributed by atoms with van der Waals surface area (Å²) in [4.78, 5) is 29.5. The van der Waals surface area contributed by atoms with E-state index in [1.54, 1.807) is 18.2 Å². The summed E-state index contributed by atoms with van der Waals surface area (Å²) in [6.45, 7) is -0.0472. The molecule has 194 valence electrons. The van der Waals surface area contributed by atoms with Crippen LogP contribution in [0.5, 0.6) is 5.75 Å². The van der Waals surface area contributed by atoms with E-state index in [1.165, 1.54) is 47.3 Å². The molecule has 0 N–H and O–H groups in total. The molecule has 10 heteroatoms. The van der Waals surface area contributed by atoms with Gasteiger partial charge in [0.05, 0.1) is 22.0 Å². The lowest BCUT2D eigenvalue weighted by Crippen LogP contribution is -2.25. The highest BCUT2D eigenvalue weighted by atomic mass is 35.5. The lowest BCUT2D eigenvalue weighted by atomic mass is 9.88. The highest BCUT2D eigenvalue weighted by molar-refractivity contribution is 6.31. The minimum Gasteiger partial charge on any atom is -0.481 e. The molecule has 0 amide bonds. The Labute approximate surface area is 222 Å². The summed E-state index contributed by atoms with van der Waals surface area (Å²) in [5.41, 5.74) is 0.774. The van der Waals surface area contributed by atoms with Gasteiger partial charge in [-0.2, -0.15) is 9.78 Å². The van der Waals surface area contributed by atoms with Crippen LogP contribution in [0.3, 0.4) is 0 Å². The molecule has 1 aromatic heterocycles. The largest absolute Gasteiger partial charge is 0.481 e. The minimum atomic E-state index is -0.597. The van der Waals surface area contributed by atoms with Gasteiger partial charge in [0, 0.05) is 22.6 Å². The first-order valence-corrected chi connectivity index (χ1v) is 12.7. The number of aromatic nitrogens is 2. The molecule has 0 radical (unpaired) electrons. The smallest absolute Gasteiger partial charge is 0.313 e. The number of benzene rings is 3. The first-order valence-electron chi connectivity index (χ1n) is 12.3. The van der Waals surface area contributed by atoms with Crippen LogP contribution in [0.4, 0.5) is 10.1 Å². The van der Waals surface area contributed by atoms with Gasteiger partial charge in [-0.05, 0) is 48.7 Å². The topological polar surface area (TPSA) is 99.6 Å². The zero-order valence-electron chi connectivity index (χ0n) is 20.3. The summed E-state index contributed by atoms with van der Waals surface area (Å²) in [7, 11) is 0. The van der Waals surface area contributed by atoms with Gasteiger partial charge in [0.2, 0.25) is 5.75 Å². The predicted octanol–water partition coefficient (Wildman–Crippen LogP) is 6.61. The Kier molecular flexibility index (Phi) is 7.46. The van der Waals surface area contributed by atoms with Crippen LogP contribution in [-0.4, -0.2) is 20.8 Å². The third kappa shape index (κ3) is 5.43.